The summed E-state index contributed by atoms with van der Waals surface area (Å²) in [6, 6.07) is 14.8. The monoisotopic (exact) mass is 403 g/mol. The molecule has 1 fully saturated rings. The predicted molar refractivity (Wildman–Crippen MR) is 113 cm³/mol. The van der Waals surface area contributed by atoms with Crippen LogP contribution in [0.1, 0.15) is 24.8 Å². The third-order valence-corrected chi connectivity index (χ3v) is 4.85. The maximum absolute atomic E-state index is 5.89. The first-order valence-corrected chi connectivity index (χ1v) is 10.6. The maximum atomic E-state index is 5.89. The minimum absolute atomic E-state index is 0.199. The van der Waals surface area contributed by atoms with E-state index in [2.05, 4.69) is 42.5 Å². The van der Waals surface area contributed by atoms with Crippen LogP contribution < -0.4 is 0 Å². The molecule has 1 saturated heterocycles. The Morgan fingerprint density at radius 3 is 2.21 bits per heavy atom. The molecule has 0 atom stereocenters. The van der Waals surface area contributed by atoms with Gasteiger partial charge in [0, 0.05) is 26.3 Å². The molecule has 29 heavy (non-hydrogen) atoms. The molecule has 1 aliphatic rings. The Bertz CT molecular complexity index is 673. The topological polar surface area (TPSA) is 49.4 Å². The van der Waals surface area contributed by atoms with E-state index in [1.807, 2.05) is 5.06 Å². The first-order chi connectivity index (χ1) is 14.4. The van der Waals surface area contributed by atoms with Crippen molar-refractivity contribution in [1.82, 2.24) is 5.06 Å². The molecule has 6 nitrogen and oxygen atoms in total. The van der Waals surface area contributed by atoms with Crippen molar-refractivity contribution in [2.75, 3.05) is 59.6 Å². The quantitative estimate of drug-likeness (QED) is 0.761. The Morgan fingerprint density at radius 2 is 1.34 bits per heavy atom. The highest BCUT2D eigenvalue weighted by molar-refractivity contribution is 5.85. The molecular formula is C23H33NO5. The van der Waals surface area contributed by atoms with Gasteiger partial charge in [0.25, 0.3) is 0 Å². The molecule has 0 aromatic heterocycles. The normalized spacial score (nSPS) is 20.1. The third-order valence-electron chi connectivity index (χ3n) is 4.85. The van der Waals surface area contributed by atoms with Crippen LogP contribution in [0.2, 0.25) is 0 Å². The van der Waals surface area contributed by atoms with Gasteiger partial charge in [-0.3, -0.25) is 4.84 Å². The highest BCUT2D eigenvalue weighted by atomic mass is 16.8. The van der Waals surface area contributed by atoms with Crippen molar-refractivity contribution >= 4 is 10.8 Å². The zero-order valence-electron chi connectivity index (χ0n) is 17.2. The fourth-order valence-corrected chi connectivity index (χ4v) is 3.27. The van der Waals surface area contributed by atoms with E-state index >= 15 is 0 Å². The number of nitrogens with zero attached hydrogens (tertiary/aromatic N) is 1. The lowest BCUT2D eigenvalue weighted by Gasteiger charge is -2.22. The Hall–Kier alpha value is -1.54. The van der Waals surface area contributed by atoms with Gasteiger partial charge in [-0.15, -0.1) is 0 Å². The molecule has 6 heteroatoms. The molecule has 160 valence electrons. The van der Waals surface area contributed by atoms with Crippen molar-refractivity contribution in [3.63, 3.8) is 0 Å². The number of ether oxygens (including phenoxy) is 4. The van der Waals surface area contributed by atoms with Crippen LogP contribution in [0.3, 0.4) is 0 Å². The highest BCUT2D eigenvalue weighted by Crippen LogP contribution is 2.20. The molecule has 0 unspecified atom stereocenters. The molecule has 0 N–H and O–H groups in total. The van der Waals surface area contributed by atoms with Gasteiger partial charge < -0.3 is 18.9 Å². The zero-order valence-corrected chi connectivity index (χ0v) is 17.2. The van der Waals surface area contributed by atoms with Crippen LogP contribution in [0.25, 0.3) is 10.8 Å². The van der Waals surface area contributed by atoms with Gasteiger partial charge in [-0.2, -0.15) is 5.06 Å². The number of fused-ring (bicyclic) bond motifs is 1. The molecule has 2 aromatic rings. The Kier molecular flexibility index (Phi) is 10.4. The molecule has 0 saturated carbocycles. The summed E-state index contributed by atoms with van der Waals surface area (Å²) in [5, 5.41) is 4.41. The molecule has 1 aliphatic heterocycles. The average Bonchev–Trinajstić information content (AvgIpc) is 2.75. The summed E-state index contributed by atoms with van der Waals surface area (Å²) >= 11 is 0. The lowest BCUT2D eigenvalue weighted by Crippen LogP contribution is -2.29. The van der Waals surface area contributed by atoms with Gasteiger partial charge >= 0.3 is 0 Å². The van der Waals surface area contributed by atoms with Gasteiger partial charge in [-0.05, 0) is 35.6 Å². The van der Waals surface area contributed by atoms with Crippen LogP contribution in [0.4, 0.5) is 0 Å². The minimum Gasteiger partial charge on any atom is -0.380 e. The Morgan fingerprint density at radius 1 is 0.655 bits per heavy atom. The minimum atomic E-state index is 0.199. The molecule has 0 aliphatic carbocycles. The molecule has 3 rings (SSSR count). The second-order valence-corrected chi connectivity index (χ2v) is 7.05. The SMILES string of the molecule is c1ccc2c(CN3CCOCCCCCOCCOCCOCO3)cccc2c1. The van der Waals surface area contributed by atoms with Gasteiger partial charge in [-0.25, -0.2) is 0 Å². The number of rotatable bonds is 2. The van der Waals surface area contributed by atoms with Crippen molar-refractivity contribution in [2.45, 2.75) is 25.8 Å². The molecular weight excluding hydrogens is 370 g/mol. The second-order valence-electron chi connectivity index (χ2n) is 7.05. The van der Waals surface area contributed by atoms with Gasteiger partial charge in [0.2, 0.25) is 0 Å². The Balaban J connectivity index is 1.54. The van der Waals surface area contributed by atoms with Crippen LogP contribution in [-0.2, 0) is 30.3 Å². The maximum Gasteiger partial charge on any atom is 0.167 e. The van der Waals surface area contributed by atoms with E-state index in [0.29, 0.717) is 46.1 Å². The van der Waals surface area contributed by atoms with Gasteiger partial charge in [-0.1, -0.05) is 42.5 Å². The lowest BCUT2D eigenvalue weighted by atomic mass is 10.0. The van der Waals surface area contributed by atoms with E-state index in [-0.39, 0.29) is 6.79 Å². The van der Waals surface area contributed by atoms with Crippen LogP contribution in [-0.4, -0.2) is 64.6 Å². The van der Waals surface area contributed by atoms with E-state index in [0.717, 1.165) is 32.5 Å². The van der Waals surface area contributed by atoms with E-state index in [9.17, 15) is 0 Å². The van der Waals surface area contributed by atoms with Crippen LogP contribution in [0.5, 0.6) is 0 Å². The molecule has 0 amide bonds. The fraction of sp³-hybridized carbons (Fsp3) is 0.565. The summed E-state index contributed by atoms with van der Waals surface area (Å²) < 4.78 is 22.4. The van der Waals surface area contributed by atoms with Crippen molar-refractivity contribution in [3.05, 3.63) is 48.0 Å². The van der Waals surface area contributed by atoms with Crippen molar-refractivity contribution < 1.29 is 23.8 Å². The summed E-state index contributed by atoms with van der Waals surface area (Å²) in [4.78, 5) is 5.89. The first kappa shape index (κ1) is 22.2. The smallest absolute Gasteiger partial charge is 0.167 e. The molecule has 1 heterocycles. The first-order valence-electron chi connectivity index (χ1n) is 10.6. The third kappa shape index (κ3) is 8.38. The second kappa shape index (κ2) is 13.6. The summed E-state index contributed by atoms with van der Waals surface area (Å²) in [7, 11) is 0. The zero-order chi connectivity index (χ0) is 20.0. The molecule has 0 spiro atoms. The van der Waals surface area contributed by atoms with Crippen LogP contribution >= 0.6 is 0 Å². The lowest BCUT2D eigenvalue weighted by molar-refractivity contribution is -0.236. The fourth-order valence-electron chi connectivity index (χ4n) is 3.27. The summed E-state index contributed by atoms with van der Waals surface area (Å²) in [6.45, 7) is 6.02. The highest BCUT2D eigenvalue weighted by Gasteiger charge is 2.10. The number of hydrogen-bond donors (Lipinski definition) is 0. The van der Waals surface area contributed by atoms with E-state index < -0.39 is 0 Å². The summed E-state index contributed by atoms with van der Waals surface area (Å²) in [6.07, 6.45) is 3.22. The number of hydroxylamine groups is 2. The number of hydrogen-bond acceptors (Lipinski definition) is 6. The number of benzene rings is 2. The van der Waals surface area contributed by atoms with E-state index in [1.54, 1.807) is 0 Å². The van der Waals surface area contributed by atoms with Crippen molar-refractivity contribution in [3.8, 4) is 0 Å². The summed E-state index contributed by atoms with van der Waals surface area (Å²) in [5.74, 6) is 0. The Labute approximate surface area is 173 Å². The summed E-state index contributed by atoms with van der Waals surface area (Å²) in [5.41, 5.74) is 1.23. The van der Waals surface area contributed by atoms with E-state index in [1.165, 1.54) is 16.3 Å². The van der Waals surface area contributed by atoms with Crippen LogP contribution in [0.15, 0.2) is 42.5 Å². The molecule has 0 radical (unpaired) electrons. The average molecular weight is 404 g/mol. The standard InChI is InChI=1S/C23H33NO5/c1-4-12-25-14-11-24(29-20-28-18-17-27-16-15-26-13-5-1)19-22-9-6-8-21-7-2-3-10-23(21)22/h2-3,6-10H,1,4-5,11-20H2. The largest absolute Gasteiger partial charge is 0.380 e. The van der Waals surface area contributed by atoms with Gasteiger partial charge in [0.15, 0.2) is 6.79 Å². The van der Waals surface area contributed by atoms with E-state index in [4.69, 9.17) is 23.8 Å². The van der Waals surface area contributed by atoms with Crippen LogP contribution in [0, 0.1) is 0 Å². The van der Waals surface area contributed by atoms with Crippen molar-refractivity contribution in [1.29, 1.82) is 0 Å². The molecule has 2 aromatic carbocycles. The van der Waals surface area contributed by atoms with Crippen molar-refractivity contribution in [2.24, 2.45) is 0 Å². The molecule has 0 bridgehead atoms. The predicted octanol–water partition coefficient (Wildman–Crippen LogP) is 3.78. The van der Waals surface area contributed by atoms with Gasteiger partial charge in [0.05, 0.1) is 33.0 Å². The van der Waals surface area contributed by atoms with Gasteiger partial charge in [0.1, 0.15) is 0 Å².